The Morgan fingerprint density at radius 3 is 1.35 bits per heavy atom. The molecule has 1 amide bonds. The van der Waals surface area contributed by atoms with Gasteiger partial charge in [-0.05, 0) is 155 Å². The second-order valence-electron chi connectivity index (χ2n) is 28.1. The minimum absolute atomic E-state index is 0.0104. The Morgan fingerprint density at radius 1 is 0.514 bits per heavy atom. The third kappa shape index (κ3) is 42.1. The smallest absolute Gasteiger partial charge is 0.308 e. The first-order valence-electron chi connectivity index (χ1n) is 37.0. The Balaban J connectivity index is 2.09. The molecule has 0 saturated carbocycles. The molecule has 0 radical (unpaired) electrons. The van der Waals surface area contributed by atoms with Crippen molar-refractivity contribution < 1.29 is 61.1 Å². The molecule has 3 rings (SSSR count). The van der Waals surface area contributed by atoms with Gasteiger partial charge in [0.05, 0.1) is 103 Å². The summed E-state index contributed by atoms with van der Waals surface area (Å²) in [6, 6.07) is 18.9. The SMILES string of the molecule is CC#CC#CC#CC#CC#CC#CC#CC#CC#CC#CC#CC#CC(=O)N[C@@H](CO[C@H]1OC(COC(=O)CCOCCOCCOCCOCCN)[C@H](OCc2ccccc2)[C@H](C)C1OCc1ccccc1)[C@H](O[Si](C)(C)C(C)(C)C)[C@@H](CCCCCCCCCCCCCC)O[Si](C)(C)C(C)(C)C. The van der Waals surface area contributed by atoms with E-state index in [0.29, 0.717) is 52.6 Å². The van der Waals surface area contributed by atoms with Crippen LogP contribution in [0.2, 0.25) is 36.3 Å². The molecule has 0 spiro atoms. The van der Waals surface area contributed by atoms with Crippen LogP contribution in [0.3, 0.4) is 0 Å². The van der Waals surface area contributed by atoms with Crippen molar-refractivity contribution in [3.63, 3.8) is 0 Å². The fourth-order valence-corrected chi connectivity index (χ4v) is 12.7. The normalized spacial score (nSPS) is 15.8. The predicted molar refractivity (Wildman–Crippen MR) is 422 cm³/mol. The van der Waals surface area contributed by atoms with Gasteiger partial charge in [-0.3, -0.25) is 9.59 Å². The lowest BCUT2D eigenvalue weighted by Crippen LogP contribution is -2.61. The van der Waals surface area contributed by atoms with Gasteiger partial charge in [-0.25, -0.2) is 0 Å². The molecular formula is C88H114N2O13Si2. The molecule has 562 valence electrons. The van der Waals surface area contributed by atoms with Crippen LogP contribution in [0.5, 0.6) is 0 Å². The molecule has 2 aromatic carbocycles. The number of ether oxygens (including phenoxy) is 9. The number of nitrogens with two attached hydrogens (primary N) is 1. The van der Waals surface area contributed by atoms with E-state index in [4.69, 9.17) is 57.2 Å². The first-order chi connectivity index (χ1) is 50.6. The average Bonchev–Trinajstić information content (AvgIpc) is 0.795. The van der Waals surface area contributed by atoms with Crippen LogP contribution in [-0.4, -0.2) is 144 Å². The highest BCUT2D eigenvalue weighted by molar-refractivity contribution is 6.74. The van der Waals surface area contributed by atoms with Gasteiger partial charge in [0.1, 0.15) is 18.8 Å². The molecule has 8 atom stereocenters. The number of benzene rings is 2. The van der Waals surface area contributed by atoms with E-state index in [-0.39, 0.29) is 56.1 Å². The zero-order valence-electron chi connectivity index (χ0n) is 64.9. The van der Waals surface area contributed by atoms with Crippen molar-refractivity contribution in [1.82, 2.24) is 5.32 Å². The third-order valence-corrected chi connectivity index (χ3v) is 26.7. The molecule has 0 bridgehead atoms. The minimum atomic E-state index is -2.71. The number of carbonyl (C=O) groups excluding carboxylic acids is 2. The number of amides is 1. The number of hydrogen-bond acceptors (Lipinski definition) is 14. The second kappa shape index (κ2) is 55.5. The van der Waals surface area contributed by atoms with E-state index in [0.717, 1.165) is 30.4 Å². The highest BCUT2D eigenvalue weighted by atomic mass is 28.4. The molecule has 1 aliphatic rings. The zero-order chi connectivity index (χ0) is 76.5. The summed E-state index contributed by atoms with van der Waals surface area (Å²) in [6.07, 6.45) is 10.6. The molecule has 17 heteroatoms. The molecule has 1 saturated heterocycles. The molecular weight excluding hydrogens is 1350 g/mol. The van der Waals surface area contributed by atoms with Crippen molar-refractivity contribution in [3.05, 3.63) is 71.8 Å². The van der Waals surface area contributed by atoms with Crippen molar-refractivity contribution in [2.75, 3.05) is 72.6 Å². The van der Waals surface area contributed by atoms with E-state index in [1.54, 1.807) is 6.92 Å². The molecule has 1 heterocycles. The molecule has 15 nitrogen and oxygen atoms in total. The monoisotopic (exact) mass is 1460 g/mol. The summed E-state index contributed by atoms with van der Waals surface area (Å²) >= 11 is 0. The van der Waals surface area contributed by atoms with E-state index >= 15 is 0 Å². The molecule has 2 aromatic rings. The van der Waals surface area contributed by atoms with Gasteiger partial charge in [0, 0.05) is 53.9 Å². The first kappa shape index (κ1) is 91.3. The summed E-state index contributed by atoms with van der Waals surface area (Å²) in [4.78, 5) is 28.2. The number of unbranched alkanes of at least 4 members (excludes halogenated alkanes) is 11. The minimum Gasteiger partial charge on any atom is -0.463 e. The maximum absolute atomic E-state index is 14.6. The number of esters is 1. The van der Waals surface area contributed by atoms with E-state index in [1.807, 2.05) is 67.6 Å². The Labute approximate surface area is 634 Å². The fourth-order valence-electron chi connectivity index (χ4n) is 10.0. The van der Waals surface area contributed by atoms with Gasteiger partial charge in [0.25, 0.3) is 5.91 Å². The first-order valence-corrected chi connectivity index (χ1v) is 42.8. The summed E-state index contributed by atoms with van der Waals surface area (Å²) in [5.74, 6) is 60.8. The fraction of sp³-hybridized carbons (Fsp3) is 0.568. The standard InChI is InChI=1S/C88H114N2O13Si2/c1-14-16-18-20-22-24-26-28-29-30-31-32-33-34-35-36-37-38-40-42-44-46-54-60-81(91)90-78(85(103-105(12,13)88(7,8)9)79(102-104(10,11)87(4,5)6)59-53-45-43-41-39-27-25-23-21-19-17-15-2)73-100-86-84(99-72-77-57-51-48-52-58-77)75(3)83(98-71-76-55-49-47-50-56-76)80(101-86)74-97-82(92)61-63-93-65-67-95-69-70-96-68-66-94-64-62-89/h47-52,55-58,75,78-80,83-86H,15,17,19,21,23,25,27,39,41,43,45,53,59,61-74,89H2,1-13H3,(H,90,91)/t75-,78-,79+,80?,83+,84?,85-,86-/m0/s1. The van der Waals surface area contributed by atoms with Gasteiger partial charge in [-0.15, -0.1) is 0 Å². The van der Waals surface area contributed by atoms with Crippen molar-refractivity contribution in [3.8, 4) is 142 Å². The molecule has 1 fully saturated rings. The number of rotatable bonds is 45. The van der Waals surface area contributed by atoms with E-state index in [1.165, 1.54) is 57.8 Å². The Kier molecular flexibility index (Phi) is 48.3. The van der Waals surface area contributed by atoms with Gasteiger partial charge in [0.2, 0.25) is 0 Å². The summed E-state index contributed by atoms with van der Waals surface area (Å²) in [5, 5.41) is 2.84. The Morgan fingerprint density at radius 2 is 0.914 bits per heavy atom. The van der Waals surface area contributed by atoms with Crippen LogP contribution in [0.25, 0.3) is 0 Å². The molecule has 0 aliphatic carbocycles. The van der Waals surface area contributed by atoms with Crippen LogP contribution in [0.4, 0.5) is 0 Å². The van der Waals surface area contributed by atoms with E-state index in [2.05, 4.69) is 222 Å². The van der Waals surface area contributed by atoms with E-state index < -0.39 is 77.3 Å². The Bertz CT molecular complexity index is 3700. The molecule has 0 aromatic heterocycles. The van der Waals surface area contributed by atoms with Gasteiger partial charge in [-0.2, -0.15) is 0 Å². The van der Waals surface area contributed by atoms with Crippen LogP contribution < -0.4 is 11.1 Å². The zero-order valence-corrected chi connectivity index (χ0v) is 66.9. The number of hydrogen-bond donors (Lipinski definition) is 2. The predicted octanol–water partition coefficient (Wildman–Crippen LogP) is 12.9. The van der Waals surface area contributed by atoms with Crippen molar-refractivity contribution >= 4 is 28.5 Å². The van der Waals surface area contributed by atoms with Crippen molar-refractivity contribution in [2.45, 2.75) is 245 Å². The van der Waals surface area contributed by atoms with Crippen molar-refractivity contribution in [1.29, 1.82) is 0 Å². The topological polar surface area (TPSA) is 174 Å². The summed E-state index contributed by atoms with van der Waals surface area (Å²) < 4.78 is 71.5. The lowest BCUT2D eigenvalue weighted by atomic mass is 9.90. The molecule has 2 unspecified atom stereocenters. The van der Waals surface area contributed by atoms with Crippen LogP contribution in [-0.2, 0) is 74.3 Å². The second-order valence-corrected chi connectivity index (χ2v) is 37.6. The highest BCUT2D eigenvalue weighted by Gasteiger charge is 2.50. The number of nitrogens with one attached hydrogen (secondary N) is 1. The lowest BCUT2D eigenvalue weighted by Gasteiger charge is -2.48. The van der Waals surface area contributed by atoms with Gasteiger partial charge in [0.15, 0.2) is 22.9 Å². The third-order valence-electron chi connectivity index (χ3n) is 17.8. The quantitative estimate of drug-likeness (QED) is 0.0277. The summed E-state index contributed by atoms with van der Waals surface area (Å²) in [6.45, 7) is 31.8. The van der Waals surface area contributed by atoms with Crippen LogP contribution in [0, 0.1) is 148 Å². The average molecular weight is 1460 g/mol. The highest BCUT2D eigenvalue weighted by Crippen LogP contribution is 2.42. The lowest BCUT2D eigenvalue weighted by molar-refractivity contribution is -0.308. The van der Waals surface area contributed by atoms with Crippen molar-refractivity contribution in [2.24, 2.45) is 11.7 Å². The number of carbonyl (C=O) groups is 2. The summed E-state index contributed by atoms with van der Waals surface area (Å²) in [5.41, 5.74) is 7.36. The van der Waals surface area contributed by atoms with Crippen LogP contribution in [0.15, 0.2) is 60.7 Å². The molecule has 1 aliphatic heterocycles. The van der Waals surface area contributed by atoms with Crippen LogP contribution in [0.1, 0.15) is 163 Å². The molecule has 3 N–H and O–H groups in total. The largest absolute Gasteiger partial charge is 0.463 e. The van der Waals surface area contributed by atoms with Gasteiger partial charge >= 0.3 is 5.97 Å². The van der Waals surface area contributed by atoms with E-state index in [9.17, 15) is 9.59 Å². The van der Waals surface area contributed by atoms with Gasteiger partial charge < -0.3 is 62.5 Å². The maximum atomic E-state index is 14.6. The van der Waals surface area contributed by atoms with Crippen LogP contribution >= 0.6 is 0 Å². The summed E-state index contributed by atoms with van der Waals surface area (Å²) in [7, 11) is -5.27. The maximum Gasteiger partial charge on any atom is 0.308 e. The Hall–Kier alpha value is -7.91. The van der Waals surface area contributed by atoms with Gasteiger partial charge in [-0.1, -0.05) is 199 Å². The molecule has 105 heavy (non-hydrogen) atoms.